The van der Waals surface area contributed by atoms with Crippen molar-refractivity contribution in [2.45, 2.75) is 64.7 Å². The van der Waals surface area contributed by atoms with Crippen molar-refractivity contribution < 1.29 is 4.79 Å². The maximum absolute atomic E-state index is 11.6. The van der Waals surface area contributed by atoms with E-state index >= 15 is 0 Å². The van der Waals surface area contributed by atoms with Crippen molar-refractivity contribution in [3.8, 4) is 0 Å². The number of nitrogens with zero attached hydrogens (tertiary/aromatic N) is 1. The monoisotopic (exact) mass is 328 g/mol. The Balaban J connectivity index is 1.98. The first-order valence-electron chi connectivity index (χ1n) is 7.79. The maximum Gasteiger partial charge on any atom is 0.240 e. The number of rotatable bonds is 11. The molecule has 0 atom stereocenters. The molecule has 5 heteroatoms. The number of carbonyl (C=O) groups is 1. The average molecular weight is 329 g/mol. The van der Waals surface area contributed by atoms with E-state index in [1.165, 1.54) is 49.9 Å². The second-order valence-corrected chi connectivity index (χ2v) is 6.91. The highest BCUT2D eigenvalue weighted by Gasteiger charge is 1.99. The standard InChI is InChI=1S/C16H25ClN2OS/c1-2-3-4-5-6-7-8-9-10-16(20)19-18-13-14-11-12-15(17)21-14/h11-13H,2-10H2,1H3,(H,19,20)/b18-13+. The Morgan fingerprint density at radius 1 is 1.19 bits per heavy atom. The molecule has 0 aromatic carbocycles. The van der Waals surface area contributed by atoms with Gasteiger partial charge in [0.05, 0.1) is 10.6 Å². The lowest BCUT2D eigenvalue weighted by atomic mass is 10.1. The molecule has 1 aromatic rings. The number of hydrogen-bond donors (Lipinski definition) is 1. The first kappa shape index (κ1) is 18.2. The van der Waals surface area contributed by atoms with Gasteiger partial charge < -0.3 is 0 Å². The predicted molar refractivity (Wildman–Crippen MR) is 92.3 cm³/mol. The van der Waals surface area contributed by atoms with Crippen LogP contribution in [0.4, 0.5) is 0 Å². The van der Waals surface area contributed by atoms with Crippen LogP contribution in [0.25, 0.3) is 0 Å². The van der Waals surface area contributed by atoms with Gasteiger partial charge in [-0.1, -0.05) is 63.5 Å². The van der Waals surface area contributed by atoms with Gasteiger partial charge in [-0.3, -0.25) is 4.79 Å². The number of hydrogen-bond acceptors (Lipinski definition) is 3. The van der Waals surface area contributed by atoms with Gasteiger partial charge in [0, 0.05) is 11.3 Å². The molecule has 1 aromatic heterocycles. The number of carbonyl (C=O) groups excluding carboxylic acids is 1. The molecule has 1 amide bonds. The lowest BCUT2D eigenvalue weighted by Crippen LogP contribution is -2.16. The van der Waals surface area contributed by atoms with Gasteiger partial charge in [0.2, 0.25) is 5.91 Å². The third-order valence-electron chi connectivity index (χ3n) is 3.23. The molecule has 3 nitrogen and oxygen atoms in total. The molecule has 0 spiro atoms. The third-order valence-corrected chi connectivity index (χ3v) is 4.40. The Labute approximate surface area is 136 Å². The summed E-state index contributed by atoms with van der Waals surface area (Å²) < 4.78 is 0.724. The summed E-state index contributed by atoms with van der Waals surface area (Å²) in [6, 6.07) is 3.69. The summed E-state index contributed by atoms with van der Waals surface area (Å²) in [7, 11) is 0. The van der Waals surface area contributed by atoms with E-state index < -0.39 is 0 Å². The molecule has 1 heterocycles. The summed E-state index contributed by atoms with van der Waals surface area (Å²) in [4.78, 5) is 12.5. The lowest BCUT2D eigenvalue weighted by Gasteiger charge is -2.01. The van der Waals surface area contributed by atoms with Gasteiger partial charge in [-0.15, -0.1) is 11.3 Å². The zero-order chi connectivity index (χ0) is 15.3. The Morgan fingerprint density at radius 3 is 2.48 bits per heavy atom. The molecule has 1 rings (SSSR count). The van der Waals surface area contributed by atoms with E-state index in [1.54, 1.807) is 6.21 Å². The van der Waals surface area contributed by atoms with Gasteiger partial charge in [-0.2, -0.15) is 5.10 Å². The molecule has 0 aliphatic heterocycles. The van der Waals surface area contributed by atoms with E-state index in [2.05, 4.69) is 17.5 Å². The zero-order valence-electron chi connectivity index (χ0n) is 12.7. The van der Waals surface area contributed by atoms with Crippen LogP contribution in [-0.2, 0) is 4.79 Å². The molecule has 21 heavy (non-hydrogen) atoms. The summed E-state index contributed by atoms with van der Waals surface area (Å²) in [6.07, 6.45) is 12.1. The molecular weight excluding hydrogens is 304 g/mol. The molecule has 1 N–H and O–H groups in total. The van der Waals surface area contributed by atoms with Crippen LogP contribution < -0.4 is 5.43 Å². The third kappa shape index (κ3) is 9.64. The number of hydrazone groups is 1. The fourth-order valence-corrected chi connectivity index (χ4v) is 2.97. The SMILES string of the molecule is CCCCCCCCCCC(=O)N/N=C/c1ccc(Cl)s1. The van der Waals surface area contributed by atoms with Crippen molar-refractivity contribution in [1.82, 2.24) is 5.43 Å². The highest BCUT2D eigenvalue weighted by atomic mass is 35.5. The van der Waals surface area contributed by atoms with Crippen molar-refractivity contribution in [2.75, 3.05) is 0 Å². The second kappa shape index (κ2) is 11.8. The minimum Gasteiger partial charge on any atom is -0.273 e. The molecule has 118 valence electrons. The van der Waals surface area contributed by atoms with Gasteiger partial charge in [-0.05, 0) is 18.6 Å². The minimum atomic E-state index is -0.0140. The van der Waals surface area contributed by atoms with Crippen LogP contribution in [-0.4, -0.2) is 12.1 Å². The van der Waals surface area contributed by atoms with Crippen molar-refractivity contribution in [3.05, 3.63) is 21.3 Å². The molecule has 0 radical (unpaired) electrons. The highest BCUT2D eigenvalue weighted by molar-refractivity contribution is 7.17. The number of halogens is 1. The van der Waals surface area contributed by atoms with Gasteiger partial charge >= 0.3 is 0 Å². The largest absolute Gasteiger partial charge is 0.273 e. The zero-order valence-corrected chi connectivity index (χ0v) is 14.3. The first-order valence-corrected chi connectivity index (χ1v) is 8.99. The summed E-state index contributed by atoms with van der Waals surface area (Å²) in [5, 5.41) is 3.93. The molecule has 0 aliphatic carbocycles. The van der Waals surface area contributed by atoms with Gasteiger partial charge in [0.15, 0.2) is 0 Å². The Hall–Kier alpha value is -0.870. The summed E-state index contributed by atoms with van der Waals surface area (Å²) in [5.74, 6) is -0.0140. The number of thiophene rings is 1. The minimum absolute atomic E-state index is 0.0140. The molecule has 0 aliphatic rings. The number of nitrogens with one attached hydrogen (secondary N) is 1. The van der Waals surface area contributed by atoms with E-state index in [1.807, 2.05) is 12.1 Å². The number of unbranched alkanes of at least 4 members (excludes halogenated alkanes) is 7. The van der Waals surface area contributed by atoms with Crippen molar-refractivity contribution in [3.63, 3.8) is 0 Å². The molecular formula is C16H25ClN2OS. The van der Waals surface area contributed by atoms with Crippen molar-refractivity contribution in [1.29, 1.82) is 0 Å². The predicted octanol–water partition coefficient (Wildman–Crippen LogP) is 5.38. The van der Waals surface area contributed by atoms with Crippen LogP contribution in [0, 0.1) is 0 Å². The van der Waals surface area contributed by atoms with Gasteiger partial charge in [0.25, 0.3) is 0 Å². The van der Waals surface area contributed by atoms with Crippen LogP contribution in [0.3, 0.4) is 0 Å². The van der Waals surface area contributed by atoms with Gasteiger partial charge in [-0.25, -0.2) is 5.43 Å². The second-order valence-electron chi connectivity index (χ2n) is 5.16. The lowest BCUT2D eigenvalue weighted by molar-refractivity contribution is -0.121. The summed E-state index contributed by atoms with van der Waals surface area (Å²) >= 11 is 7.25. The van der Waals surface area contributed by atoms with Crippen LogP contribution in [0.2, 0.25) is 4.34 Å². The normalized spacial score (nSPS) is 11.1. The topological polar surface area (TPSA) is 41.5 Å². The van der Waals surface area contributed by atoms with Gasteiger partial charge in [0.1, 0.15) is 0 Å². The molecule has 0 unspecified atom stereocenters. The van der Waals surface area contributed by atoms with E-state index in [4.69, 9.17) is 11.6 Å². The van der Waals surface area contributed by atoms with E-state index in [0.29, 0.717) is 6.42 Å². The fraction of sp³-hybridized carbons (Fsp3) is 0.625. The Morgan fingerprint density at radius 2 is 1.86 bits per heavy atom. The highest BCUT2D eigenvalue weighted by Crippen LogP contribution is 2.19. The number of amides is 1. The van der Waals surface area contributed by atoms with Crippen LogP contribution in [0.15, 0.2) is 17.2 Å². The average Bonchev–Trinajstić information content (AvgIpc) is 2.87. The maximum atomic E-state index is 11.6. The summed E-state index contributed by atoms with van der Waals surface area (Å²) in [6.45, 7) is 2.23. The Kier molecular flexibility index (Phi) is 10.2. The molecule has 0 saturated heterocycles. The first-order chi connectivity index (χ1) is 10.2. The fourth-order valence-electron chi connectivity index (χ4n) is 2.04. The molecule has 0 saturated carbocycles. The summed E-state index contributed by atoms with van der Waals surface area (Å²) in [5.41, 5.74) is 2.55. The van der Waals surface area contributed by atoms with Crippen molar-refractivity contribution >= 4 is 35.1 Å². The van der Waals surface area contributed by atoms with Crippen LogP contribution in [0.1, 0.15) is 69.6 Å². The quantitative estimate of drug-likeness (QED) is 0.330. The van der Waals surface area contributed by atoms with E-state index in [-0.39, 0.29) is 5.91 Å². The van der Waals surface area contributed by atoms with E-state index in [9.17, 15) is 4.79 Å². The molecule has 0 bridgehead atoms. The van der Waals surface area contributed by atoms with Crippen molar-refractivity contribution in [2.24, 2.45) is 5.10 Å². The molecule has 0 fully saturated rings. The van der Waals surface area contributed by atoms with Crippen LogP contribution >= 0.6 is 22.9 Å². The smallest absolute Gasteiger partial charge is 0.240 e. The van der Waals surface area contributed by atoms with E-state index in [0.717, 1.165) is 22.1 Å². The van der Waals surface area contributed by atoms with Crippen LogP contribution in [0.5, 0.6) is 0 Å². The Bertz CT molecular complexity index is 432.